The van der Waals surface area contributed by atoms with Crippen LogP contribution in [0.3, 0.4) is 0 Å². The van der Waals surface area contributed by atoms with Crippen molar-refractivity contribution in [1.29, 1.82) is 0 Å². The molecular formula is C23H40O3. The summed E-state index contributed by atoms with van der Waals surface area (Å²) in [5, 5.41) is 9.91. The Balaban J connectivity index is 1.94. The zero-order chi connectivity index (χ0) is 19.2. The Hall–Kier alpha value is -1.09. The van der Waals surface area contributed by atoms with Crippen molar-refractivity contribution in [2.75, 3.05) is 0 Å². The summed E-state index contributed by atoms with van der Waals surface area (Å²) in [4.78, 5) is 11.7. The van der Waals surface area contributed by atoms with Crippen LogP contribution in [0.15, 0.2) is 23.5 Å². The van der Waals surface area contributed by atoms with Gasteiger partial charge in [0.25, 0.3) is 0 Å². The van der Waals surface area contributed by atoms with E-state index in [1.807, 2.05) is 6.92 Å². The molecule has 0 saturated carbocycles. The monoisotopic (exact) mass is 364 g/mol. The standard InChI is InChI=1S/C23H40O3/c1-4-5-6-7-8-9-10-11-12-13-14-15-16-17-18-19(2)21-22(24)20(3)26-23(21)25/h22,24H,3-18H2,1-2H3/b21-19-/t22-/m1/s1. The Labute approximate surface area is 160 Å². The molecule has 0 aromatic heterocycles. The lowest BCUT2D eigenvalue weighted by Crippen LogP contribution is -2.09. The molecule has 0 aromatic carbocycles. The minimum absolute atomic E-state index is 0.158. The normalized spacial score (nSPS) is 19.1. The van der Waals surface area contributed by atoms with Crippen LogP contribution in [-0.4, -0.2) is 17.2 Å². The van der Waals surface area contributed by atoms with Gasteiger partial charge in [-0.1, -0.05) is 103 Å². The summed E-state index contributed by atoms with van der Waals surface area (Å²) in [5.74, 6) is -0.268. The van der Waals surface area contributed by atoms with Crippen LogP contribution >= 0.6 is 0 Å². The molecule has 0 bridgehead atoms. The first-order valence-electron chi connectivity index (χ1n) is 10.9. The van der Waals surface area contributed by atoms with Gasteiger partial charge in [0, 0.05) is 0 Å². The van der Waals surface area contributed by atoms with Crippen LogP contribution in [0.4, 0.5) is 0 Å². The number of carbonyl (C=O) groups is 1. The van der Waals surface area contributed by atoms with E-state index < -0.39 is 12.1 Å². The van der Waals surface area contributed by atoms with Gasteiger partial charge < -0.3 is 9.84 Å². The van der Waals surface area contributed by atoms with Crippen molar-refractivity contribution in [3.05, 3.63) is 23.5 Å². The Morgan fingerprint density at radius 3 is 1.69 bits per heavy atom. The number of esters is 1. The average molecular weight is 365 g/mol. The van der Waals surface area contributed by atoms with Gasteiger partial charge in [0.15, 0.2) is 0 Å². The first-order valence-corrected chi connectivity index (χ1v) is 10.9. The third kappa shape index (κ3) is 9.02. The molecule has 0 unspecified atom stereocenters. The van der Waals surface area contributed by atoms with Crippen molar-refractivity contribution in [3.8, 4) is 0 Å². The van der Waals surface area contributed by atoms with Crippen LogP contribution in [-0.2, 0) is 9.53 Å². The number of allylic oxidation sites excluding steroid dienone is 1. The minimum Gasteiger partial charge on any atom is -0.425 e. The zero-order valence-electron chi connectivity index (χ0n) is 17.2. The first-order chi connectivity index (χ1) is 12.6. The number of aliphatic hydroxyl groups is 1. The molecule has 1 N–H and O–H groups in total. The largest absolute Gasteiger partial charge is 0.425 e. The van der Waals surface area contributed by atoms with Gasteiger partial charge in [0.05, 0.1) is 5.57 Å². The molecule has 150 valence electrons. The van der Waals surface area contributed by atoms with Crippen LogP contribution in [0.2, 0.25) is 0 Å². The maximum atomic E-state index is 11.7. The van der Waals surface area contributed by atoms with Crippen LogP contribution < -0.4 is 0 Å². The van der Waals surface area contributed by atoms with E-state index in [9.17, 15) is 9.90 Å². The molecule has 1 saturated heterocycles. The summed E-state index contributed by atoms with van der Waals surface area (Å²) >= 11 is 0. The first kappa shape index (κ1) is 23.0. The van der Waals surface area contributed by atoms with Gasteiger partial charge >= 0.3 is 5.97 Å². The zero-order valence-corrected chi connectivity index (χ0v) is 17.2. The van der Waals surface area contributed by atoms with E-state index in [0.29, 0.717) is 5.57 Å². The highest BCUT2D eigenvalue weighted by molar-refractivity contribution is 5.94. The van der Waals surface area contributed by atoms with E-state index >= 15 is 0 Å². The summed E-state index contributed by atoms with van der Waals surface area (Å²) in [7, 11) is 0. The highest BCUT2D eigenvalue weighted by Crippen LogP contribution is 2.28. The molecule has 1 rings (SSSR count). The molecule has 0 aliphatic carbocycles. The predicted octanol–water partition coefficient (Wildman–Crippen LogP) is 6.61. The van der Waals surface area contributed by atoms with Crippen LogP contribution in [0, 0.1) is 0 Å². The third-order valence-electron chi connectivity index (χ3n) is 5.39. The van der Waals surface area contributed by atoms with Crippen molar-refractivity contribution in [1.82, 2.24) is 0 Å². The van der Waals surface area contributed by atoms with Gasteiger partial charge in [0.2, 0.25) is 0 Å². The Bertz CT molecular complexity index is 450. The molecule has 3 nitrogen and oxygen atoms in total. The molecular weight excluding hydrogens is 324 g/mol. The van der Waals surface area contributed by atoms with E-state index in [-0.39, 0.29) is 5.76 Å². The molecule has 26 heavy (non-hydrogen) atoms. The van der Waals surface area contributed by atoms with Gasteiger partial charge in [-0.15, -0.1) is 0 Å². The van der Waals surface area contributed by atoms with Crippen molar-refractivity contribution < 1.29 is 14.6 Å². The second kappa shape index (κ2) is 14.0. The fraction of sp³-hybridized carbons (Fsp3) is 0.783. The number of hydrogen-bond donors (Lipinski definition) is 1. The number of ether oxygens (including phenoxy) is 1. The number of unbranched alkanes of at least 4 members (excludes halogenated alkanes) is 13. The van der Waals surface area contributed by atoms with E-state index in [1.54, 1.807) is 0 Å². The van der Waals surface area contributed by atoms with Gasteiger partial charge in [-0.25, -0.2) is 4.79 Å². The van der Waals surface area contributed by atoms with E-state index in [1.165, 1.54) is 83.5 Å². The highest BCUT2D eigenvalue weighted by Gasteiger charge is 2.34. The topological polar surface area (TPSA) is 46.5 Å². The Morgan fingerprint density at radius 1 is 0.885 bits per heavy atom. The summed E-state index contributed by atoms with van der Waals surface area (Å²) in [6, 6.07) is 0. The molecule has 1 aliphatic rings. The van der Waals surface area contributed by atoms with Crippen molar-refractivity contribution >= 4 is 5.97 Å². The van der Waals surface area contributed by atoms with Gasteiger partial charge in [0.1, 0.15) is 11.9 Å². The molecule has 1 aliphatic heterocycles. The van der Waals surface area contributed by atoms with Gasteiger partial charge in [-0.05, 0) is 19.8 Å². The van der Waals surface area contributed by atoms with Crippen LogP contribution in [0.5, 0.6) is 0 Å². The molecule has 0 radical (unpaired) electrons. The number of rotatable bonds is 15. The predicted molar refractivity (Wildman–Crippen MR) is 109 cm³/mol. The van der Waals surface area contributed by atoms with E-state index in [4.69, 9.17) is 4.74 Å². The summed E-state index contributed by atoms with van der Waals surface area (Å²) in [5.41, 5.74) is 1.35. The lowest BCUT2D eigenvalue weighted by molar-refractivity contribution is -0.132. The quantitative estimate of drug-likeness (QED) is 0.202. The Kier molecular flexibility index (Phi) is 12.4. The number of aliphatic hydroxyl groups excluding tert-OH is 1. The SMILES string of the molecule is C=C1OC(=O)/C(=C(/C)CCCCCCCCCCCCCCCC)[C@@H]1O. The molecule has 3 heteroatoms. The summed E-state index contributed by atoms with van der Waals surface area (Å²) in [6.45, 7) is 7.75. The lowest BCUT2D eigenvalue weighted by atomic mass is 9.99. The molecule has 1 fully saturated rings. The summed E-state index contributed by atoms with van der Waals surface area (Å²) < 4.78 is 4.89. The van der Waals surface area contributed by atoms with Gasteiger partial charge in [-0.3, -0.25) is 0 Å². The average Bonchev–Trinajstić information content (AvgIpc) is 2.87. The fourth-order valence-corrected chi connectivity index (χ4v) is 3.63. The smallest absolute Gasteiger partial charge is 0.342 e. The maximum absolute atomic E-state index is 11.7. The second-order valence-electron chi connectivity index (χ2n) is 7.80. The minimum atomic E-state index is -0.936. The number of carbonyl (C=O) groups excluding carboxylic acids is 1. The molecule has 0 amide bonds. The number of cyclic esters (lactones) is 1. The van der Waals surface area contributed by atoms with Crippen LogP contribution in [0.1, 0.15) is 110 Å². The second-order valence-corrected chi connectivity index (χ2v) is 7.80. The van der Waals surface area contributed by atoms with Gasteiger partial charge in [-0.2, -0.15) is 0 Å². The van der Waals surface area contributed by atoms with E-state index in [0.717, 1.165) is 18.4 Å². The number of hydrogen-bond acceptors (Lipinski definition) is 3. The van der Waals surface area contributed by atoms with Crippen molar-refractivity contribution in [2.45, 2.75) is 116 Å². The van der Waals surface area contributed by atoms with Crippen molar-refractivity contribution in [2.24, 2.45) is 0 Å². The maximum Gasteiger partial charge on any atom is 0.342 e. The third-order valence-corrected chi connectivity index (χ3v) is 5.39. The molecule has 1 heterocycles. The summed E-state index contributed by atoms with van der Waals surface area (Å²) in [6.07, 6.45) is 18.7. The fourth-order valence-electron chi connectivity index (χ4n) is 3.63. The highest BCUT2D eigenvalue weighted by atomic mass is 16.6. The van der Waals surface area contributed by atoms with Crippen molar-refractivity contribution in [3.63, 3.8) is 0 Å². The molecule has 0 aromatic rings. The Morgan fingerprint density at radius 2 is 1.31 bits per heavy atom. The molecule has 0 spiro atoms. The lowest BCUT2D eigenvalue weighted by Gasteiger charge is -2.07. The molecule has 1 atom stereocenters. The van der Waals surface area contributed by atoms with E-state index in [2.05, 4.69) is 13.5 Å². The van der Waals surface area contributed by atoms with Crippen LogP contribution in [0.25, 0.3) is 0 Å².